The fraction of sp³-hybridized carbons (Fsp3) is 0.310. The molecule has 40 heavy (non-hydrogen) atoms. The van der Waals surface area contributed by atoms with Gasteiger partial charge in [-0.15, -0.1) is 10.2 Å². The minimum absolute atomic E-state index is 0.109. The summed E-state index contributed by atoms with van der Waals surface area (Å²) < 4.78 is 0. The van der Waals surface area contributed by atoms with E-state index in [4.69, 9.17) is 17.2 Å². The van der Waals surface area contributed by atoms with Crippen LogP contribution in [-0.2, 0) is 16.0 Å². The minimum atomic E-state index is -0.898. The van der Waals surface area contributed by atoms with Gasteiger partial charge in [0.2, 0.25) is 17.6 Å². The summed E-state index contributed by atoms with van der Waals surface area (Å²) >= 11 is 0. The molecule has 1 aliphatic carbocycles. The molecule has 1 atom stereocenters. The normalized spacial score (nSPS) is 17.7. The molecular formula is C29H33N9O2. The van der Waals surface area contributed by atoms with Crippen LogP contribution in [0.5, 0.6) is 0 Å². The molecule has 2 aromatic carbocycles. The Labute approximate surface area is 232 Å². The van der Waals surface area contributed by atoms with Gasteiger partial charge in [0.05, 0.1) is 5.69 Å². The number of hydrogen-bond donors (Lipinski definition) is 4. The summed E-state index contributed by atoms with van der Waals surface area (Å²) in [5.74, 6) is -0.0527. The minimum Gasteiger partial charge on any atom is -0.397 e. The van der Waals surface area contributed by atoms with E-state index in [1.165, 1.54) is 0 Å². The molecule has 11 nitrogen and oxygen atoms in total. The third kappa shape index (κ3) is 5.99. The van der Waals surface area contributed by atoms with Crippen LogP contribution < -0.4 is 22.1 Å². The Bertz CT molecular complexity index is 1450. The van der Waals surface area contributed by atoms with Crippen LogP contribution >= 0.6 is 0 Å². The van der Waals surface area contributed by atoms with E-state index in [9.17, 15) is 9.59 Å². The summed E-state index contributed by atoms with van der Waals surface area (Å²) in [6, 6.07) is 15.9. The molecule has 2 aromatic heterocycles. The first-order valence-electron chi connectivity index (χ1n) is 13.4. The molecule has 4 aromatic rings. The Morgan fingerprint density at radius 3 is 2.40 bits per heavy atom. The van der Waals surface area contributed by atoms with Crippen molar-refractivity contribution >= 4 is 23.2 Å². The van der Waals surface area contributed by atoms with Gasteiger partial charge >= 0.3 is 0 Å². The van der Waals surface area contributed by atoms with Crippen molar-refractivity contribution in [1.29, 1.82) is 0 Å². The summed E-state index contributed by atoms with van der Waals surface area (Å²) in [6.07, 6.45) is 6.79. The number of aromatic nitrogens is 5. The van der Waals surface area contributed by atoms with Crippen molar-refractivity contribution in [2.24, 2.45) is 23.3 Å². The lowest BCUT2D eigenvalue weighted by molar-refractivity contribution is -0.127. The maximum Gasteiger partial charge on any atom is 0.240 e. The molecular weight excluding hydrogens is 506 g/mol. The fourth-order valence-electron chi connectivity index (χ4n) is 5.39. The van der Waals surface area contributed by atoms with E-state index in [1.54, 1.807) is 41.6 Å². The van der Waals surface area contributed by atoms with Crippen LogP contribution in [0.2, 0.25) is 0 Å². The molecule has 5 rings (SSSR count). The largest absolute Gasteiger partial charge is 0.397 e. The molecule has 206 valence electrons. The average molecular weight is 540 g/mol. The summed E-state index contributed by atoms with van der Waals surface area (Å²) in [7, 11) is 0. The quantitative estimate of drug-likeness (QED) is 0.250. The number of nitrogens with two attached hydrogens (primary N) is 3. The van der Waals surface area contributed by atoms with Gasteiger partial charge in [-0.3, -0.25) is 19.5 Å². The number of H-pyrrole nitrogens is 1. The molecule has 0 saturated heterocycles. The number of benzene rings is 2. The number of anilines is 2. The molecule has 1 saturated carbocycles. The first-order chi connectivity index (χ1) is 19.4. The number of nitrogens with zero attached hydrogens (tertiary/aromatic N) is 5. The summed E-state index contributed by atoms with van der Waals surface area (Å²) in [6.45, 7) is 0.616. The number of pyridine rings is 1. The molecule has 0 radical (unpaired) electrons. The molecule has 11 heteroatoms. The second-order valence-corrected chi connectivity index (χ2v) is 10.3. The number of tetrazole rings is 1. The third-order valence-electron chi connectivity index (χ3n) is 7.60. The predicted octanol–water partition coefficient (Wildman–Crippen LogP) is 2.71. The highest BCUT2D eigenvalue weighted by Gasteiger charge is 2.36. The van der Waals surface area contributed by atoms with Crippen molar-refractivity contribution in [2.45, 2.75) is 38.1 Å². The van der Waals surface area contributed by atoms with Crippen molar-refractivity contribution in [3.05, 3.63) is 72.6 Å². The molecule has 0 bridgehead atoms. The number of rotatable bonds is 9. The summed E-state index contributed by atoms with van der Waals surface area (Å²) in [4.78, 5) is 32.9. The van der Waals surface area contributed by atoms with E-state index in [2.05, 4.69) is 25.6 Å². The maximum absolute atomic E-state index is 14.1. The monoisotopic (exact) mass is 539 g/mol. The molecule has 2 amide bonds. The van der Waals surface area contributed by atoms with Crippen molar-refractivity contribution in [1.82, 2.24) is 25.6 Å². The van der Waals surface area contributed by atoms with Gasteiger partial charge in [0.15, 0.2) is 0 Å². The van der Waals surface area contributed by atoms with E-state index in [0.717, 1.165) is 47.9 Å². The highest BCUT2D eigenvalue weighted by atomic mass is 16.2. The fourth-order valence-corrected chi connectivity index (χ4v) is 5.39. The topological polar surface area (TPSA) is 183 Å². The second-order valence-electron chi connectivity index (χ2n) is 10.3. The number of carbonyl (C=O) groups excluding carboxylic acids is 2. The van der Waals surface area contributed by atoms with Gasteiger partial charge in [0.25, 0.3) is 0 Å². The zero-order chi connectivity index (χ0) is 28.1. The van der Waals surface area contributed by atoms with Crippen molar-refractivity contribution in [2.75, 3.05) is 17.2 Å². The van der Waals surface area contributed by atoms with Crippen LogP contribution in [0, 0.1) is 11.8 Å². The Balaban J connectivity index is 1.48. The first-order valence-corrected chi connectivity index (χ1v) is 13.4. The van der Waals surface area contributed by atoms with Crippen molar-refractivity contribution < 1.29 is 9.59 Å². The zero-order valence-electron chi connectivity index (χ0n) is 22.1. The first kappa shape index (κ1) is 26.9. The van der Waals surface area contributed by atoms with Gasteiger partial charge in [-0.2, -0.15) is 5.21 Å². The number of carbonyl (C=O) groups is 2. The second kappa shape index (κ2) is 12.0. The number of primary amides is 1. The Morgan fingerprint density at radius 2 is 1.75 bits per heavy atom. The van der Waals surface area contributed by atoms with Crippen LogP contribution in [0.15, 0.2) is 67.0 Å². The molecule has 7 N–H and O–H groups in total. The zero-order valence-corrected chi connectivity index (χ0v) is 22.1. The number of nitrogens with one attached hydrogen (secondary N) is 1. The molecule has 1 aliphatic rings. The summed E-state index contributed by atoms with van der Waals surface area (Å²) in [5.41, 5.74) is 22.3. The Hall–Kier alpha value is -4.64. The molecule has 0 aliphatic heterocycles. The Morgan fingerprint density at radius 1 is 0.975 bits per heavy atom. The lowest BCUT2D eigenvalue weighted by atomic mass is 9.81. The number of aromatic amines is 1. The molecule has 0 spiro atoms. The van der Waals surface area contributed by atoms with Crippen LogP contribution in [0.3, 0.4) is 0 Å². The highest BCUT2D eigenvalue weighted by molar-refractivity contribution is 6.01. The van der Waals surface area contributed by atoms with Crippen molar-refractivity contribution in [3.8, 4) is 22.5 Å². The highest BCUT2D eigenvalue weighted by Crippen LogP contribution is 2.33. The predicted molar refractivity (Wildman–Crippen MR) is 152 cm³/mol. The lowest BCUT2D eigenvalue weighted by Crippen LogP contribution is -2.52. The maximum atomic E-state index is 14.1. The van der Waals surface area contributed by atoms with E-state index in [1.807, 2.05) is 30.3 Å². The summed E-state index contributed by atoms with van der Waals surface area (Å²) in [5, 5.41) is 14.1. The van der Waals surface area contributed by atoms with Crippen LogP contribution in [0.25, 0.3) is 22.5 Å². The molecule has 0 unspecified atom stereocenters. The van der Waals surface area contributed by atoms with Crippen LogP contribution in [0.4, 0.5) is 11.4 Å². The van der Waals surface area contributed by atoms with Gasteiger partial charge in [0, 0.05) is 41.5 Å². The van der Waals surface area contributed by atoms with Gasteiger partial charge in [-0.05, 0) is 84.8 Å². The van der Waals surface area contributed by atoms with E-state index < -0.39 is 11.9 Å². The average Bonchev–Trinajstić information content (AvgIpc) is 3.52. The van der Waals surface area contributed by atoms with E-state index in [0.29, 0.717) is 29.7 Å². The lowest BCUT2D eigenvalue weighted by Gasteiger charge is -2.35. The van der Waals surface area contributed by atoms with Crippen LogP contribution in [0.1, 0.15) is 31.2 Å². The van der Waals surface area contributed by atoms with Crippen LogP contribution in [-0.4, -0.2) is 50.0 Å². The van der Waals surface area contributed by atoms with E-state index >= 15 is 0 Å². The SMILES string of the molecule is NCC1CCC(C(=O)N(c2ccc(-c3nn[nH]n3)cc2)[C@@H](Cc2cccc(-c3cncc(N)c3)c2)C(N)=O)CC1. The Kier molecular flexibility index (Phi) is 8.11. The van der Waals surface area contributed by atoms with Crippen molar-refractivity contribution in [3.63, 3.8) is 0 Å². The molecule has 2 heterocycles. The number of hydrogen-bond acceptors (Lipinski definition) is 8. The number of nitrogen functional groups attached to an aromatic ring is 1. The third-order valence-corrected chi connectivity index (χ3v) is 7.60. The van der Waals surface area contributed by atoms with Gasteiger partial charge in [-0.1, -0.05) is 24.3 Å². The number of amides is 2. The standard InChI is InChI=1S/C29H33N9O2/c30-15-18-4-6-21(7-5-18)29(40)38(25-10-8-20(9-11-25)28-34-36-37-35-28)26(27(32)39)13-19-2-1-3-22(12-19)23-14-24(31)17-33-16-23/h1-3,8-12,14,16-18,21,26H,4-7,13,15,30-31H2,(H2,32,39)(H,34,35,36,37)/t18?,21?,26-/m0/s1. The van der Waals surface area contributed by atoms with Gasteiger partial charge in [-0.25, -0.2) is 0 Å². The van der Waals surface area contributed by atoms with E-state index in [-0.39, 0.29) is 18.2 Å². The molecule has 1 fully saturated rings. The van der Waals surface area contributed by atoms with Gasteiger partial charge in [0.1, 0.15) is 6.04 Å². The smallest absolute Gasteiger partial charge is 0.240 e. The van der Waals surface area contributed by atoms with Gasteiger partial charge < -0.3 is 17.2 Å².